The zero-order valence-electron chi connectivity index (χ0n) is 14.8. The van der Waals surface area contributed by atoms with Crippen molar-refractivity contribution in [3.05, 3.63) is 36.4 Å². The molecule has 1 aliphatic heterocycles. The number of carbonyl (C=O) groups excluding carboxylic acids is 2. The summed E-state index contributed by atoms with van der Waals surface area (Å²) in [4.78, 5) is 26.2. The number of nitrogens with one attached hydrogen (secondary N) is 2. The molecule has 1 aliphatic carbocycles. The number of benzene rings is 1. The lowest BCUT2D eigenvalue weighted by Gasteiger charge is -2.37. The number of hydrogen-bond acceptors (Lipinski definition) is 3. The SMILES string of the molecule is CC(=O)Nc1cccc(NC(=O)C2CCN([C@H]3C=CCCC3)CC2)c1. The maximum absolute atomic E-state index is 12.6. The van der Waals surface area contributed by atoms with E-state index in [1.807, 2.05) is 18.2 Å². The molecule has 5 heteroatoms. The van der Waals surface area contributed by atoms with Crippen molar-refractivity contribution < 1.29 is 9.59 Å². The Morgan fingerprint density at radius 2 is 1.80 bits per heavy atom. The molecular formula is C20H27N3O2. The quantitative estimate of drug-likeness (QED) is 0.825. The number of piperidine rings is 1. The van der Waals surface area contributed by atoms with E-state index in [0.29, 0.717) is 11.7 Å². The van der Waals surface area contributed by atoms with Crippen LogP contribution in [0, 0.1) is 5.92 Å². The monoisotopic (exact) mass is 341 g/mol. The van der Waals surface area contributed by atoms with Gasteiger partial charge in [-0.25, -0.2) is 0 Å². The molecule has 25 heavy (non-hydrogen) atoms. The molecule has 0 bridgehead atoms. The Kier molecular flexibility index (Phi) is 5.87. The van der Waals surface area contributed by atoms with Gasteiger partial charge in [-0.05, 0) is 63.4 Å². The predicted molar refractivity (Wildman–Crippen MR) is 100 cm³/mol. The van der Waals surface area contributed by atoms with E-state index < -0.39 is 0 Å². The van der Waals surface area contributed by atoms with Crippen molar-refractivity contribution in [2.24, 2.45) is 5.92 Å². The molecule has 1 atom stereocenters. The summed E-state index contributed by atoms with van der Waals surface area (Å²) in [6.07, 6.45) is 10.1. The summed E-state index contributed by atoms with van der Waals surface area (Å²) in [7, 11) is 0. The van der Waals surface area contributed by atoms with Gasteiger partial charge in [0.1, 0.15) is 0 Å². The van der Waals surface area contributed by atoms with E-state index in [1.54, 1.807) is 6.07 Å². The Labute approximate surface area is 149 Å². The minimum absolute atomic E-state index is 0.0632. The topological polar surface area (TPSA) is 61.4 Å². The molecule has 2 N–H and O–H groups in total. The molecule has 1 heterocycles. The summed E-state index contributed by atoms with van der Waals surface area (Å²) < 4.78 is 0. The van der Waals surface area contributed by atoms with Crippen molar-refractivity contribution in [2.45, 2.75) is 45.1 Å². The van der Waals surface area contributed by atoms with Gasteiger partial charge in [-0.15, -0.1) is 0 Å². The van der Waals surface area contributed by atoms with Gasteiger partial charge in [-0.2, -0.15) is 0 Å². The van der Waals surface area contributed by atoms with E-state index in [4.69, 9.17) is 0 Å². The minimum Gasteiger partial charge on any atom is -0.326 e. The number of nitrogens with zero attached hydrogens (tertiary/aromatic N) is 1. The van der Waals surface area contributed by atoms with E-state index in [-0.39, 0.29) is 17.7 Å². The van der Waals surface area contributed by atoms with Crippen LogP contribution in [0.5, 0.6) is 0 Å². The van der Waals surface area contributed by atoms with Crippen LogP contribution < -0.4 is 10.6 Å². The normalized spacial score (nSPS) is 21.7. The smallest absolute Gasteiger partial charge is 0.227 e. The molecule has 134 valence electrons. The first-order chi connectivity index (χ1) is 12.1. The molecular weight excluding hydrogens is 314 g/mol. The zero-order valence-corrected chi connectivity index (χ0v) is 14.8. The minimum atomic E-state index is -0.118. The third-order valence-corrected chi connectivity index (χ3v) is 5.05. The van der Waals surface area contributed by atoms with Gasteiger partial charge in [-0.3, -0.25) is 14.5 Å². The second-order valence-corrected chi connectivity index (χ2v) is 6.99. The summed E-state index contributed by atoms with van der Waals surface area (Å²) in [6.45, 7) is 3.44. The summed E-state index contributed by atoms with van der Waals surface area (Å²) in [5.74, 6) is 0.0275. The highest BCUT2D eigenvalue weighted by atomic mass is 16.2. The van der Waals surface area contributed by atoms with Gasteiger partial charge in [0, 0.05) is 30.3 Å². The summed E-state index contributed by atoms with van der Waals surface area (Å²) in [5.41, 5.74) is 1.43. The maximum atomic E-state index is 12.6. The van der Waals surface area contributed by atoms with Crippen molar-refractivity contribution in [3.63, 3.8) is 0 Å². The van der Waals surface area contributed by atoms with Crippen molar-refractivity contribution in [3.8, 4) is 0 Å². The van der Waals surface area contributed by atoms with Crippen LogP contribution in [0.4, 0.5) is 11.4 Å². The molecule has 1 aromatic carbocycles. The maximum Gasteiger partial charge on any atom is 0.227 e. The molecule has 0 radical (unpaired) electrons. The van der Waals surface area contributed by atoms with Crippen molar-refractivity contribution in [2.75, 3.05) is 23.7 Å². The Balaban J connectivity index is 1.52. The summed E-state index contributed by atoms with van der Waals surface area (Å²) in [5, 5.41) is 5.73. The molecule has 0 saturated carbocycles. The Morgan fingerprint density at radius 1 is 1.08 bits per heavy atom. The lowest BCUT2D eigenvalue weighted by molar-refractivity contribution is -0.121. The fourth-order valence-electron chi connectivity index (χ4n) is 3.71. The van der Waals surface area contributed by atoms with Crippen LogP contribution in [0.2, 0.25) is 0 Å². The van der Waals surface area contributed by atoms with E-state index in [0.717, 1.165) is 31.6 Å². The Morgan fingerprint density at radius 3 is 2.44 bits per heavy atom. The van der Waals surface area contributed by atoms with Crippen LogP contribution in [-0.2, 0) is 9.59 Å². The number of allylic oxidation sites excluding steroid dienone is 1. The van der Waals surface area contributed by atoms with Gasteiger partial charge in [-0.1, -0.05) is 18.2 Å². The lowest BCUT2D eigenvalue weighted by atomic mass is 9.92. The fraction of sp³-hybridized carbons (Fsp3) is 0.500. The zero-order chi connectivity index (χ0) is 17.6. The molecule has 2 aliphatic rings. The van der Waals surface area contributed by atoms with Gasteiger partial charge in [0.05, 0.1) is 0 Å². The molecule has 5 nitrogen and oxygen atoms in total. The van der Waals surface area contributed by atoms with Gasteiger partial charge in [0.2, 0.25) is 11.8 Å². The van der Waals surface area contributed by atoms with Crippen molar-refractivity contribution in [1.29, 1.82) is 0 Å². The van der Waals surface area contributed by atoms with Crippen molar-refractivity contribution >= 4 is 23.2 Å². The first-order valence-corrected chi connectivity index (χ1v) is 9.21. The number of rotatable bonds is 4. The number of amides is 2. The predicted octanol–water partition coefficient (Wildman–Crippen LogP) is 3.40. The number of likely N-dealkylation sites (tertiary alicyclic amines) is 1. The average Bonchev–Trinajstić information content (AvgIpc) is 2.62. The van der Waals surface area contributed by atoms with Crippen LogP contribution in [-0.4, -0.2) is 35.8 Å². The number of anilines is 2. The van der Waals surface area contributed by atoms with Crippen molar-refractivity contribution in [1.82, 2.24) is 4.90 Å². The van der Waals surface area contributed by atoms with E-state index in [1.165, 1.54) is 26.2 Å². The summed E-state index contributed by atoms with van der Waals surface area (Å²) in [6, 6.07) is 7.85. The number of carbonyl (C=O) groups is 2. The first-order valence-electron chi connectivity index (χ1n) is 9.21. The van der Waals surface area contributed by atoms with Gasteiger partial charge in [0.25, 0.3) is 0 Å². The van der Waals surface area contributed by atoms with Crippen LogP contribution >= 0.6 is 0 Å². The third-order valence-electron chi connectivity index (χ3n) is 5.05. The Hall–Kier alpha value is -2.14. The van der Waals surface area contributed by atoms with E-state index in [2.05, 4.69) is 27.7 Å². The van der Waals surface area contributed by atoms with Crippen LogP contribution in [0.25, 0.3) is 0 Å². The molecule has 3 rings (SSSR count). The number of hydrogen-bond donors (Lipinski definition) is 2. The average molecular weight is 341 g/mol. The van der Waals surface area contributed by atoms with Crippen LogP contribution in [0.3, 0.4) is 0 Å². The molecule has 0 unspecified atom stereocenters. The lowest BCUT2D eigenvalue weighted by Crippen LogP contribution is -2.43. The fourth-order valence-corrected chi connectivity index (χ4v) is 3.71. The molecule has 1 aromatic rings. The molecule has 1 fully saturated rings. The first kappa shape index (κ1) is 17.7. The second-order valence-electron chi connectivity index (χ2n) is 6.99. The highest BCUT2D eigenvalue weighted by Gasteiger charge is 2.28. The summed E-state index contributed by atoms with van der Waals surface area (Å²) >= 11 is 0. The van der Waals surface area contributed by atoms with E-state index >= 15 is 0 Å². The molecule has 0 aromatic heterocycles. The molecule has 2 amide bonds. The largest absolute Gasteiger partial charge is 0.326 e. The van der Waals surface area contributed by atoms with Crippen LogP contribution in [0.15, 0.2) is 36.4 Å². The molecule has 1 saturated heterocycles. The standard InChI is InChI=1S/C20H27N3O2/c1-15(24)21-17-6-5-7-18(14-17)22-20(25)16-10-12-23(13-11-16)19-8-3-2-4-9-19/h3,5-8,14,16,19H,2,4,9-13H2,1H3,(H,21,24)(H,22,25)/t19-/m0/s1. The Bertz CT molecular complexity index is 648. The third kappa shape index (κ3) is 4.92. The highest BCUT2D eigenvalue weighted by molar-refractivity contribution is 5.94. The van der Waals surface area contributed by atoms with Gasteiger partial charge in [0.15, 0.2) is 0 Å². The van der Waals surface area contributed by atoms with E-state index in [9.17, 15) is 9.59 Å². The van der Waals surface area contributed by atoms with Crippen LogP contribution in [0.1, 0.15) is 39.0 Å². The molecule has 0 spiro atoms. The highest BCUT2D eigenvalue weighted by Crippen LogP contribution is 2.25. The van der Waals surface area contributed by atoms with Gasteiger partial charge >= 0.3 is 0 Å². The second kappa shape index (κ2) is 8.30. The van der Waals surface area contributed by atoms with Gasteiger partial charge < -0.3 is 10.6 Å².